The van der Waals surface area contributed by atoms with Crippen LogP contribution >= 0.6 is 11.3 Å². The molecule has 2 heterocycles. The number of nitrogens with one attached hydrogen (secondary N) is 1. The molecular weight excluding hydrogens is 232 g/mol. The SMILES string of the molecule is c1csc(N=Nc2ccc3c(c2)CCCN3)n1. The summed E-state index contributed by atoms with van der Waals surface area (Å²) in [5, 5.41) is 14.3. The summed E-state index contributed by atoms with van der Waals surface area (Å²) in [7, 11) is 0. The third kappa shape index (κ3) is 2.34. The van der Waals surface area contributed by atoms with Gasteiger partial charge in [-0.15, -0.1) is 21.6 Å². The summed E-state index contributed by atoms with van der Waals surface area (Å²) >= 11 is 1.49. The Morgan fingerprint density at radius 1 is 1.29 bits per heavy atom. The molecule has 3 rings (SSSR count). The molecule has 0 bridgehead atoms. The molecule has 0 spiro atoms. The minimum atomic E-state index is 0.695. The van der Waals surface area contributed by atoms with E-state index >= 15 is 0 Å². The van der Waals surface area contributed by atoms with Gasteiger partial charge < -0.3 is 5.32 Å². The number of benzene rings is 1. The van der Waals surface area contributed by atoms with E-state index in [-0.39, 0.29) is 0 Å². The molecule has 0 radical (unpaired) electrons. The van der Waals surface area contributed by atoms with Crippen molar-refractivity contribution < 1.29 is 0 Å². The van der Waals surface area contributed by atoms with Gasteiger partial charge in [-0.1, -0.05) is 0 Å². The molecule has 1 aliphatic rings. The Morgan fingerprint density at radius 3 is 3.18 bits per heavy atom. The van der Waals surface area contributed by atoms with Crippen molar-refractivity contribution in [3.05, 3.63) is 35.3 Å². The van der Waals surface area contributed by atoms with E-state index in [0.717, 1.165) is 18.7 Å². The number of azo groups is 1. The lowest BCUT2D eigenvalue weighted by Gasteiger charge is -2.17. The van der Waals surface area contributed by atoms with Crippen molar-refractivity contribution in [2.45, 2.75) is 12.8 Å². The largest absolute Gasteiger partial charge is 0.385 e. The van der Waals surface area contributed by atoms with E-state index < -0.39 is 0 Å². The predicted octanol–water partition coefficient (Wildman–Crippen LogP) is 3.92. The van der Waals surface area contributed by atoms with Crippen LogP contribution in [0.2, 0.25) is 0 Å². The van der Waals surface area contributed by atoms with Crippen LogP contribution in [0.4, 0.5) is 16.5 Å². The summed E-state index contributed by atoms with van der Waals surface area (Å²) in [5.74, 6) is 0. The van der Waals surface area contributed by atoms with Gasteiger partial charge in [-0.05, 0) is 36.6 Å². The third-order valence-corrected chi connectivity index (χ3v) is 3.35. The lowest BCUT2D eigenvalue weighted by Crippen LogP contribution is -2.10. The standard InChI is InChI=1S/C12H12N4S/c1-2-9-8-10(3-4-11(9)13-5-1)15-16-12-14-6-7-17-12/h3-4,6-8,13H,1-2,5H2. The van der Waals surface area contributed by atoms with Crippen LogP contribution < -0.4 is 5.32 Å². The summed E-state index contributed by atoms with van der Waals surface area (Å²) < 4.78 is 0. The second kappa shape index (κ2) is 4.63. The fourth-order valence-electron chi connectivity index (χ4n) is 1.89. The van der Waals surface area contributed by atoms with Crippen LogP contribution in [0.3, 0.4) is 0 Å². The zero-order chi connectivity index (χ0) is 11.5. The second-order valence-electron chi connectivity index (χ2n) is 3.89. The summed E-state index contributed by atoms with van der Waals surface area (Å²) in [6.45, 7) is 1.06. The molecule has 0 atom stereocenters. The quantitative estimate of drug-likeness (QED) is 0.814. The van der Waals surface area contributed by atoms with Crippen LogP contribution in [-0.4, -0.2) is 11.5 Å². The topological polar surface area (TPSA) is 49.6 Å². The maximum absolute atomic E-state index is 4.20. The molecule has 17 heavy (non-hydrogen) atoms. The van der Waals surface area contributed by atoms with Gasteiger partial charge in [0.15, 0.2) is 0 Å². The molecule has 1 aliphatic heterocycles. The van der Waals surface area contributed by atoms with E-state index in [1.165, 1.54) is 29.0 Å². The molecule has 2 aromatic rings. The van der Waals surface area contributed by atoms with Crippen molar-refractivity contribution in [3.63, 3.8) is 0 Å². The molecule has 86 valence electrons. The number of hydrogen-bond donors (Lipinski definition) is 1. The third-order valence-electron chi connectivity index (χ3n) is 2.70. The van der Waals surface area contributed by atoms with Crippen molar-refractivity contribution in [3.8, 4) is 0 Å². The smallest absolute Gasteiger partial charge is 0.229 e. The normalized spacial score (nSPS) is 14.6. The van der Waals surface area contributed by atoms with Gasteiger partial charge in [-0.25, -0.2) is 4.98 Å². The zero-order valence-electron chi connectivity index (χ0n) is 9.26. The monoisotopic (exact) mass is 244 g/mol. The highest BCUT2D eigenvalue weighted by atomic mass is 32.1. The van der Waals surface area contributed by atoms with E-state index in [1.807, 2.05) is 11.4 Å². The van der Waals surface area contributed by atoms with E-state index in [2.05, 4.69) is 32.7 Å². The fraction of sp³-hybridized carbons (Fsp3) is 0.250. The van der Waals surface area contributed by atoms with E-state index in [4.69, 9.17) is 0 Å². The Hall–Kier alpha value is -1.75. The zero-order valence-corrected chi connectivity index (χ0v) is 10.1. The van der Waals surface area contributed by atoms with Gasteiger partial charge in [0.1, 0.15) is 0 Å². The highest BCUT2D eigenvalue weighted by Gasteiger charge is 2.08. The van der Waals surface area contributed by atoms with Crippen molar-refractivity contribution in [1.82, 2.24) is 4.98 Å². The van der Waals surface area contributed by atoms with E-state index in [9.17, 15) is 0 Å². The predicted molar refractivity (Wildman–Crippen MR) is 69.5 cm³/mol. The highest BCUT2D eigenvalue weighted by molar-refractivity contribution is 7.13. The van der Waals surface area contributed by atoms with Crippen LogP contribution in [0.5, 0.6) is 0 Å². The summed E-state index contributed by atoms with van der Waals surface area (Å²) in [5.41, 5.74) is 3.44. The van der Waals surface area contributed by atoms with Crippen LogP contribution in [-0.2, 0) is 6.42 Å². The molecular formula is C12H12N4S. The molecule has 0 saturated heterocycles. The first kappa shape index (κ1) is 10.4. The van der Waals surface area contributed by atoms with Gasteiger partial charge in [-0.2, -0.15) is 0 Å². The second-order valence-corrected chi connectivity index (χ2v) is 4.76. The maximum atomic E-state index is 4.20. The van der Waals surface area contributed by atoms with Crippen LogP contribution in [0, 0.1) is 0 Å². The van der Waals surface area contributed by atoms with Crippen LogP contribution in [0.1, 0.15) is 12.0 Å². The number of fused-ring (bicyclic) bond motifs is 1. The molecule has 0 aliphatic carbocycles. The average molecular weight is 244 g/mol. The molecule has 0 saturated carbocycles. The lowest BCUT2D eigenvalue weighted by molar-refractivity contribution is 0.830. The number of anilines is 1. The number of nitrogens with zero attached hydrogens (tertiary/aromatic N) is 3. The first-order valence-electron chi connectivity index (χ1n) is 5.60. The first-order valence-corrected chi connectivity index (χ1v) is 6.48. The Morgan fingerprint density at radius 2 is 2.29 bits per heavy atom. The maximum Gasteiger partial charge on any atom is 0.229 e. The van der Waals surface area contributed by atoms with Gasteiger partial charge >= 0.3 is 0 Å². The summed E-state index contributed by atoms with van der Waals surface area (Å²) in [6, 6.07) is 6.15. The highest BCUT2D eigenvalue weighted by Crippen LogP contribution is 2.27. The molecule has 1 aromatic carbocycles. The fourth-order valence-corrected chi connectivity index (χ4v) is 2.34. The molecule has 0 fully saturated rings. The van der Waals surface area contributed by atoms with Gasteiger partial charge in [-0.3, -0.25) is 0 Å². The summed E-state index contributed by atoms with van der Waals surface area (Å²) in [4.78, 5) is 4.06. The van der Waals surface area contributed by atoms with E-state index in [1.54, 1.807) is 6.20 Å². The van der Waals surface area contributed by atoms with Crippen molar-refractivity contribution in [2.75, 3.05) is 11.9 Å². The van der Waals surface area contributed by atoms with Gasteiger partial charge in [0, 0.05) is 23.8 Å². The minimum Gasteiger partial charge on any atom is -0.385 e. The number of thiazole rings is 1. The Labute approximate surface area is 103 Å². The molecule has 0 unspecified atom stereocenters. The van der Waals surface area contributed by atoms with Gasteiger partial charge in [0.2, 0.25) is 5.13 Å². The van der Waals surface area contributed by atoms with Crippen molar-refractivity contribution >= 4 is 27.8 Å². The van der Waals surface area contributed by atoms with Gasteiger partial charge in [0.05, 0.1) is 5.69 Å². The molecule has 5 heteroatoms. The lowest BCUT2D eigenvalue weighted by atomic mass is 10.0. The molecule has 0 amide bonds. The number of aromatic nitrogens is 1. The van der Waals surface area contributed by atoms with Crippen molar-refractivity contribution in [2.24, 2.45) is 10.2 Å². The Bertz CT molecular complexity index is 533. The Balaban J connectivity index is 1.84. The van der Waals surface area contributed by atoms with Crippen LogP contribution in [0.25, 0.3) is 0 Å². The average Bonchev–Trinajstić information content (AvgIpc) is 2.89. The molecule has 1 aromatic heterocycles. The first-order chi connectivity index (χ1) is 8.42. The molecule has 1 N–H and O–H groups in total. The molecule has 4 nitrogen and oxygen atoms in total. The van der Waals surface area contributed by atoms with Crippen LogP contribution in [0.15, 0.2) is 40.0 Å². The Kier molecular flexibility index (Phi) is 2.83. The summed E-state index contributed by atoms with van der Waals surface area (Å²) in [6.07, 6.45) is 4.03. The number of rotatable bonds is 2. The van der Waals surface area contributed by atoms with E-state index in [0.29, 0.717) is 5.13 Å². The number of aryl methyl sites for hydroxylation is 1. The van der Waals surface area contributed by atoms with Crippen molar-refractivity contribution in [1.29, 1.82) is 0 Å². The minimum absolute atomic E-state index is 0.695. The van der Waals surface area contributed by atoms with Gasteiger partial charge in [0.25, 0.3) is 0 Å². The number of hydrogen-bond acceptors (Lipinski definition) is 5.